The Morgan fingerprint density at radius 3 is 2.59 bits per heavy atom. The molecule has 0 amide bonds. The molecule has 0 bridgehead atoms. The van der Waals surface area contributed by atoms with E-state index in [2.05, 4.69) is 5.32 Å². The van der Waals surface area contributed by atoms with Crippen molar-refractivity contribution in [1.29, 1.82) is 0 Å². The van der Waals surface area contributed by atoms with Crippen LogP contribution in [-0.2, 0) is 23.9 Å². The molecule has 0 aromatic heterocycles. The molecule has 0 unspecified atom stereocenters. The summed E-state index contributed by atoms with van der Waals surface area (Å²) in [6, 6.07) is 3.06. The second kappa shape index (κ2) is 10.5. The number of phenolic OH excluding ortho intramolecular Hbond substituents is 1. The molecule has 34 heavy (non-hydrogen) atoms. The van der Waals surface area contributed by atoms with Crippen LogP contribution in [0.3, 0.4) is 0 Å². The molecule has 1 aromatic rings. The van der Waals surface area contributed by atoms with Gasteiger partial charge in [-0.05, 0) is 50.3 Å². The van der Waals surface area contributed by atoms with E-state index < -0.39 is 29.6 Å². The third-order valence-electron chi connectivity index (χ3n) is 6.08. The Morgan fingerprint density at radius 2 is 1.97 bits per heavy atom. The fourth-order valence-corrected chi connectivity index (χ4v) is 4.80. The van der Waals surface area contributed by atoms with Crippen molar-refractivity contribution < 1.29 is 33.7 Å². The molecule has 2 aliphatic rings. The smallest absolute Gasteiger partial charge is 0.336 e. The van der Waals surface area contributed by atoms with Crippen LogP contribution in [0.15, 0.2) is 34.7 Å². The van der Waals surface area contributed by atoms with Crippen LogP contribution in [-0.4, -0.2) is 43.2 Å². The van der Waals surface area contributed by atoms with Crippen LogP contribution in [0.2, 0.25) is 5.02 Å². The zero-order chi connectivity index (χ0) is 25.2. The van der Waals surface area contributed by atoms with Crippen molar-refractivity contribution in [3.63, 3.8) is 0 Å². The Kier molecular flexibility index (Phi) is 7.92. The lowest BCUT2D eigenvalue weighted by atomic mass is 9.69. The predicted molar refractivity (Wildman–Crippen MR) is 125 cm³/mol. The molecule has 0 spiro atoms. The van der Waals surface area contributed by atoms with Crippen LogP contribution in [0.4, 0.5) is 0 Å². The Hall–Kier alpha value is -3.00. The number of allylic oxidation sites excluding steroid dienone is 3. The first-order valence-electron chi connectivity index (χ1n) is 11.3. The van der Waals surface area contributed by atoms with E-state index in [1.807, 2.05) is 13.8 Å². The minimum absolute atomic E-state index is 0.0155. The molecule has 1 aliphatic carbocycles. The van der Waals surface area contributed by atoms with Crippen molar-refractivity contribution in [2.24, 2.45) is 11.8 Å². The van der Waals surface area contributed by atoms with Crippen molar-refractivity contribution in [1.82, 2.24) is 5.32 Å². The predicted octanol–water partition coefficient (Wildman–Crippen LogP) is 4.01. The first-order chi connectivity index (χ1) is 16.2. The molecule has 0 saturated carbocycles. The first-order valence-corrected chi connectivity index (χ1v) is 11.7. The van der Waals surface area contributed by atoms with E-state index in [1.165, 1.54) is 13.2 Å². The quantitative estimate of drug-likeness (QED) is 0.434. The largest absolute Gasteiger partial charge is 0.503 e. The van der Waals surface area contributed by atoms with Crippen LogP contribution in [0.25, 0.3) is 0 Å². The Labute approximate surface area is 203 Å². The number of halogens is 1. The number of phenols is 1. The van der Waals surface area contributed by atoms with Gasteiger partial charge in [0.2, 0.25) is 0 Å². The van der Waals surface area contributed by atoms with Gasteiger partial charge in [0, 0.05) is 22.9 Å². The summed E-state index contributed by atoms with van der Waals surface area (Å²) in [7, 11) is 1.24. The summed E-state index contributed by atoms with van der Waals surface area (Å²) in [5, 5.41) is 13.6. The van der Waals surface area contributed by atoms with Crippen molar-refractivity contribution in [2.75, 3.05) is 20.3 Å². The van der Waals surface area contributed by atoms with Crippen molar-refractivity contribution in [3.05, 3.63) is 45.3 Å². The summed E-state index contributed by atoms with van der Waals surface area (Å²) in [5.74, 6) is -3.89. The molecule has 1 heterocycles. The first kappa shape index (κ1) is 25.6. The highest BCUT2D eigenvalue weighted by molar-refractivity contribution is 6.32. The maximum absolute atomic E-state index is 13.7. The van der Waals surface area contributed by atoms with Crippen LogP contribution in [0.1, 0.15) is 52.0 Å². The highest BCUT2D eigenvalue weighted by atomic mass is 35.5. The van der Waals surface area contributed by atoms with Gasteiger partial charge >= 0.3 is 11.9 Å². The van der Waals surface area contributed by atoms with Crippen molar-refractivity contribution >= 4 is 29.3 Å². The Morgan fingerprint density at radius 1 is 1.26 bits per heavy atom. The number of ketones is 1. The number of esters is 2. The van der Waals surface area contributed by atoms with Crippen LogP contribution in [0, 0.1) is 11.8 Å². The molecule has 184 valence electrons. The molecular weight excluding hydrogens is 462 g/mol. The zero-order valence-electron chi connectivity index (χ0n) is 20.0. The van der Waals surface area contributed by atoms with Crippen molar-refractivity contribution in [3.8, 4) is 11.5 Å². The van der Waals surface area contributed by atoms with E-state index in [-0.39, 0.29) is 46.8 Å². The van der Waals surface area contributed by atoms with Crippen LogP contribution in [0.5, 0.6) is 11.5 Å². The normalized spacial score (nSPS) is 22.2. The molecule has 0 radical (unpaired) electrons. The monoisotopic (exact) mass is 491 g/mol. The molecular formula is C25H30ClNO7. The molecule has 9 heteroatoms. The Bertz CT molecular complexity index is 1080. The summed E-state index contributed by atoms with van der Waals surface area (Å²) < 4.78 is 15.9. The number of carbonyl (C=O) groups is 3. The number of rotatable bonds is 7. The second-order valence-electron chi connectivity index (χ2n) is 8.45. The summed E-state index contributed by atoms with van der Waals surface area (Å²) in [4.78, 5) is 39.4. The maximum atomic E-state index is 13.7. The van der Waals surface area contributed by atoms with Gasteiger partial charge < -0.3 is 24.6 Å². The van der Waals surface area contributed by atoms with E-state index in [4.69, 9.17) is 25.8 Å². The van der Waals surface area contributed by atoms with Gasteiger partial charge in [-0.25, -0.2) is 4.79 Å². The number of dihydropyridines is 1. The molecule has 0 fully saturated rings. The average Bonchev–Trinajstić information content (AvgIpc) is 2.79. The lowest BCUT2D eigenvalue weighted by molar-refractivity contribution is -0.151. The number of hydrogen-bond donors (Lipinski definition) is 2. The number of nitrogens with one attached hydrogen (secondary N) is 1. The molecule has 2 N–H and O–H groups in total. The molecule has 8 nitrogen and oxygen atoms in total. The summed E-state index contributed by atoms with van der Waals surface area (Å²) in [6.07, 6.45) is 1.04. The number of methoxy groups -OCH3 is 1. The maximum Gasteiger partial charge on any atom is 0.336 e. The van der Waals surface area contributed by atoms with E-state index in [9.17, 15) is 19.5 Å². The SMILES string of the molecule is CCCOC(=O)C1=C(C)NC2=C(C(=O)[C@H](C(=O)OC)[C@@H](C)C2)[C@@H]1c1cc(Cl)c(O)c(OCC)c1. The standard InChI is InChI=1S/C25H30ClNO7/c1-6-8-34-25(31)19-13(4)27-16-9-12(3)18(24(30)32-5)23(29)21(16)20(19)14-10-15(26)22(28)17(11-14)33-7-2/h10-12,18,20,27-28H,6-9H2,1-5H3/t12-,18+,20+/m0/s1. The van der Waals surface area contributed by atoms with Crippen molar-refractivity contribution in [2.45, 2.75) is 46.5 Å². The topological polar surface area (TPSA) is 111 Å². The molecule has 1 aromatic carbocycles. The molecule has 3 atom stereocenters. The highest BCUT2D eigenvalue weighted by Crippen LogP contribution is 2.48. The van der Waals surface area contributed by atoms with Gasteiger partial charge in [-0.3, -0.25) is 9.59 Å². The number of hydrogen-bond acceptors (Lipinski definition) is 8. The van der Waals surface area contributed by atoms with Gasteiger partial charge in [0.25, 0.3) is 0 Å². The minimum Gasteiger partial charge on any atom is -0.503 e. The van der Waals surface area contributed by atoms with Crippen LogP contribution < -0.4 is 10.1 Å². The third-order valence-corrected chi connectivity index (χ3v) is 6.37. The summed E-state index contributed by atoms with van der Waals surface area (Å²) in [6.45, 7) is 7.68. The van der Waals surface area contributed by atoms with E-state index in [0.717, 1.165) is 0 Å². The lowest BCUT2D eigenvalue weighted by Gasteiger charge is -2.38. The zero-order valence-corrected chi connectivity index (χ0v) is 20.7. The number of benzene rings is 1. The number of carbonyl (C=O) groups excluding carboxylic acids is 3. The second-order valence-corrected chi connectivity index (χ2v) is 8.86. The summed E-state index contributed by atoms with van der Waals surface area (Å²) in [5.41, 5.74) is 2.17. The Balaban J connectivity index is 2.24. The molecule has 0 saturated heterocycles. The molecule has 3 rings (SSSR count). The lowest BCUT2D eigenvalue weighted by Crippen LogP contribution is -2.43. The third kappa shape index (κ3) is 4.64. The van der Waals surface area contributed by atoms with Gasteiger partial charge in [-0.1, -0.05) is 25.4 Å². The number of Topliss-reactive ketones (excluding diaryl/α,β-unsaturated/α-hetero) is 1. The summed E-state index contributed by atoms with van der Waals surface area (Å²) >= 11 is 6.30. The van der Waals surface area contributed by atoms with Gasteiger partial charge in [-0.2, -0.15) is 0 Å². The van der Waals surface area contributed by atoms with E-state index in [0.29, 0.717) is 29.8 Å². The van der Waals surface area contributed by atoms with E-state index >= 15 is 0 Å². The van der Waals surface area contributed by atoms with Gasteiger partial charge in [-0.15, -0.1) is 0 Å². The fraction of sp³-hybridized carbons (Fsp3) is 0.480. The molecule has 1 aliphatic heterocycles. The minimum atomic E-state index is -1.00. The number of aromatic hydroxyl groups is 1. The van der Waals surface area contributed by atoms with Crippen LogP contribution >= 0.6 is 11.6 Å². The van der Waals surface area contributed by atoms with Gasteiger partial charge in [0.05, 0.1) is 30.9 Å². The number of ether oxygens (including phenoxy) is 3. The van der Waals surface area contributed by atoms with Gasteiger partial charge in [0.15, 0.2) is 17.3 Å². The highest BCUT2D eigenvalue weighted by Gasteiger charge is 2.47. The fourth-order valence-electron chi connectivity index (χ4n) is 4.58. The van der Waals surface area contributed by atoms with E-state index in [1.54, 1.807) is 19.9 Å². The van der Waals surface area contributed by atoms with Gasteiger partial charge in [0.1, 0.15) is 5.92 Å². The average molecular weight is 492 g/mol.